The molecule has 6 bridgehead atoms. The van der Waals surface area contributed by atoms with E-state index >= 15 is 0 Å². The van der Waals surface area contributed by atoms with Gasteiger partial charge in [-0.25, -0.2) is 0 Å². The minimum atomic E-state index is -1.35. The van der Waals surface area contributed by atoms with Crippen LogP contribution in [0.2, 0.25) is 0 Å². The van der Waals surface area contributed by atoms with Crippen LogP contribution >= 0.6 is 0 Å². The lowest BCUT2D eigenvalue weighted by molar-refractivity contribution is -0.231. The molecule has 3 saturated heterocycles. The molecule has 130 valence electrons. The van der Waals surface area contributed by atoms with Crippen molar-refractivity contribution >= 4 is 16.9 Å². The van der Waals surface area contributed by atoms with Crippen molar-refractivity contribution in [2.24, 2.45) is 11.8 Å². The Morgan fingerprint density at radius 3 is 2.92 bits per heavy atom. The number of benzene rings is 1. The fraction of sp³-hybridized carbons (Fsp3) is 0.526. The Hall–Kier alpha value is -1.89. The topological polar surface area (TPSA) is 85.8 Å². The number of aromatic nitrogens is 1. The number of nitrogens with zero attached hydrogens (tertiary/aromatic N) is 1. The molecule has 6 nitrogen and oxygen atoms in total. The summed E-state index contributed by atoms with van der Waals surface area (Å²) < 4.78 is 5.93. The van der Waals surface area contributed by atoms with E-state index in [1.165, 1.54) is 0 Å². The minimum absolute atomic E-state index is 0.0164. The number of hydrogen-bond acceptors (Lipinski definition) is 4. The molecule has 1 aliphatic carbocycles. The summed E-state index contributed by atoms with van der Waals surface area (Å²) in [6.45, 7) is 1.77. The number of para-hydroxylation sites is 1. The molecule has 0 radical (unpaired) electrons. The SMILES string of the molecule is O=C(O)[C@]12CO[C@@]3(O)[C@@H]4CCN(CC[C@@H]31)[C@H]4c1c2[nH]c2ccccc12. The number of nitrogens with one attached hydrogen (secondary N) is 1. The van der Waals surface area contributed by atoms with Gasteiger partial charge in [0.2, 0.25) is 0 Å². The zero-order valence-corrected chi connectivity index (χ0v) is 13.7. The summed E-state index contributed by atoms with van der Waals surface area (Å²) in [5.74, 6) is -2.75. The van der Waals surface area contributed by atoms with Gasteiger partial charge in [-0.05, 0) is 37.6 Å². The molecule has 4 aliphatic rings. The number of ether oxygens (including phenoxy) is 1. The van der Waals surface area contributed by atoms with E-state index in [0.29, 0.717) is 6.42 Å². The van der Waals surface area contributed by atoms with Crippen molar-refractivity contribution in [1.82, 2.24) is 9.88 Å². The van der Waals surface area contributed by atoms with Gasteiger partial charge in [0, 0.05) is 34.5 Å². The molecule has 1 unspecified atom stereocenters. The second kappa shape index (κ2) is 4.26. The zero-order chi connectivity index (χ0) is 17.0. The van der Waals surface area contributed by atoms with Gasteiger partial charge in [0.1, 0.15) is 5.41 Å². The number of carboxylic acids is 1. The number of carboxylic acid groups (broad SMARTS) is 1. The second-order valence-electron chi connectivity index (χ2n) is 7.99. The number of hydrogen-bond donors (Lipinski definition) is 3. The lowest BCUT2D eigenvalue weighted by Gasteiger charge is -2.36. The van der Waals surface area contributed by atoms with E-state index in [0.717, 1.165) is 41.7 Å². The Balaban J connectivity index is 1.78. The molecule has 4 heterocycles. The molecule has 6 heteroatoms. The van der Waals surface area contributed by atoms with Crippen LogP contribution in [-0.4, -0.2) is 51.5 Å². The number of aromatic amines is 1. The van der Waals surface area contributed by atoms with Crippen LogP contribution in [-0.2, 0) is 14.9 Å². The number of fused-ring (bicyclic) bond motifs is 4. The number of aliphatic carboxylic acids is 1. The zero-order valence-electron chi connectivity index (χ0n) is 13.7. The van der Waals surface area contributed by atoms with E-state index in [4.69, 9.17) is 4.74 Å². The van der Waals surface area contributed by atoms with Crippen molar-refractivity contribution in [2.45, 2.75) is 30.1 Å². The standard InChI is InChI=1S/C19H20N2O4/c22-17(23)18-9-25-19(24)11-5-7-21(8-6-13(18)19)15(11)14-10-3-1-2-4-12(10)20-16(14)18/h1-4,11,13,15,20,24H,5-9H2,(H,22,23)/t11-,13-,15-,18-,19+/m1/s1. The van der Waals surface area contributed by atoms with E-state index in [-0.39, 0.29) is 18.6 Å². The van der Waals surface area contributed by atoms with Crippen LogP contribution < -0.4 is 0 Å². The number of carbonyl (C=O) groups is 1. The highest BCUT2D eigenvalue weighted by Crippen LogP contribution is 2.63. The second-order valence-corrected chi connectivity index (χ2v) is 7.99. The third-order valence-electron chi connectivity index (χ3n) is 7.23. The molecule has 25 heavy (non-hydrogen) atoms. The maximum absolute atomic E-state index is 12.6. The smallest absolute Gasteiger partial charge is 0.318 e. The van der Waals surface area contributed by atoms with E-state index in [9.17, 15) is 15.0 Å². The van der Waals surface area contributed by atoms with Crippen LogP contribution in [0.1, 0.15) is 30.1 Å². The molecule has 3 N–H and O–H groups in total. The molecule has 6 atom stereocenters. The molecular formula is C19H20N2O4. The van der Waals surface area contributed by atoms with Crippen LogP contribution in [0.4, 0.5) is 0 Å². The predicted molar refractivity (Wildman–Crippen MR) is 89.0 cm³/mol. The van der Waals surface area contributed by atoms with Crippen LogP contribution in [0.15, 0.2) is 24.3 Å². The molecule has 0 saturated carbocycles. The number of rotatable bonds is 1. The molecule has 1 aromatic heterocycles. The first-order valence-corrected chi connectivity index (χ1v) is 9.02. The predicted octanol–water partition coefficient (Wildman–Crippen LogP) is 1.61. The first kappa shape index (κ1) is 14.3. The molecule has 0 spiro atoms. The van der Waals surface area contributed by atoms with Gasteiger partial charge in [0.25, 0.3) is 0 Å². The van der Waals surface area contributed by atoms with Crippen LogP contribution in [0, 0.1) is 11.8 Å². The molecule has 3 aliphatic heterocycles. The maximum atomic E-state index is 12.6. The molecule has 3 fully saturated rings. The van der Waals surface area contributed by atoms with Gasteiger partial charge in [-0.15, -0.1) is 0 Å². The highest BCUT2D eigenvalue weighted by Gasteiger charge is 2.72. The highest BCUT2D eigenvalue weighted by molar-refractivity contribution is 5.91. The average molecular weight is 340 g/mol. The van der Waals surface area contributed by atoms with Gasteiger partial charge in [-0.3, -0.25) is 9.69 Å². The van der Waals surface area contributed by atoms with Crippen molar-refractivity contribution < 1.29 is 19.7 Å². The summed E-state index contributed by atoms with van der Waals surface area (Å²) >= 11 is 0. The van der Waals surface area contributed by atoms with Gasteiger partial charge < -0.3 is 19.9 Å². The summed E-state index contributed by atoms with van der Waals surface area (Å²) in [5.41, 5.74) is 1.60. The maximum Gasteiger partial charge on any atom is 0.318 e. The molecule has 2 aromatic rings. The van der Waals surface area contributed by atoms with Gasteiger partial charge in [-0.2, -0.15) is 0 Å². The third kappa shape index (κ3) is 1.39. The lowest BCUT2D eigenvalue weighted by Crippen LogP contribution is -2.50. The van der Waals surface area contributed by atoms with Gasteiger partial charge in [0.05, 0.1) is 6.61 Å². The largest absolute Gasteiger partial charge is 0.480 e. The van der Waals surface area contributed by atoms with Crippen molar-refractivity contribution in [2.75, 3.05) is 19.7 Å². The van der Waals surface area contributed by atoms with E-state index < -0.39 is 23.1 Å². The Kier molecular flexibility index (Phi) is 2.43. The Morgan fingerprint density at radius 1 is 1.28 bits per heavy atom. The molecular weight excluding hydrogens is 320 g/mol. The minimum Gasteiger partial charge on any atom is -0.480 e. The first-order valence-electron chi connectivity index (χ1n) is 9.02. The van der Waals surface area contributed by atoms with Gasteiger partial charge in [-0.1, -0.05) is 18.2 Å². The van der Waals surface area contributed by atoms with Crippen molar-refractivity contribution in [3.63, 3.8) is 0 Å². The molecule has 0 amide bonds. The van der Waals surface area contributed by atoms with Crippen molar-refractivity contribution in [1.29, 1.82) is 0 Å². The summed E-state index contributed by atoms with van der Waals surface area (Å²) in [7, 11) is 0. The Labute approximate surface area is 144 Å². The average Bonchev–Trinajstić information content (AvgIpc) is 3.19. The van der Waals surface area contributed by atoms with Crippen LogP contribution in [0.3, 0.4) is 0 Å². The first-order chi connectivity index (χ1) is 12.1. The van der Waals surface area contributed by atoms with E-state index in [2.05, 4.69) is 16.0 Å². The third-order valence-corrected chi connectivity index (χ3v) is 7.23. The molecule has 1 aromatic carbocycles. The Bertz CT molecular complexity index is 923. The number of H-pyrrole nitrogens is 1. The van der Waals surface area contributed by atoms with Gasteiger partial charge >= 0.3 is 5.97 Å². The highest BCUT2D eigenvalue weighted by atomic mass is 16.6. The van der Waals surface area contributed by atoms with E-state index in [1.54, 1.807) is 0 Å². The molecule has 6 rings (SSSR count). The van der Waals surface area contributed by atoms with Gasteiger partial charge in [0.15, 0.2) is 5.79 Å². The summed E-state index contributed by atoms with van der Waals surface area (Å²) in [6, 6.07) is 8.05. The van der Waals surface area contributed by atoms with Crippen molar-refractivity contribution in [3.05, 3.63) is 35.5 Å². The fourth-order valence-corrected chi connectivity index (χ4v) is 6.21. The summed E-state index contributed by atoms with van der Waals surface area (Å²) in [5, 5.41) is 22.9. The summed E-state index contributed by atoms with van der Waals surface area (Å²) in [6.07, 6.45) is 1.48. The normalized spacial score (nSPS) is 43.9. The monoisotopic (exact) mass is 340 g/mol. The summed E-state index contributed by atoms with van der Waals surface area (Å²) in [4.78, 5) is 18.4. The van der Waals surface area contributed by atoms with Crippen LogP contribution in [0.5, 0.6) is 0 Å². The van der Waals surface area contributed by atoms with E-state index in [1.807, 2.05) is 18.2 Å². The van der Waals surface area contributed by atoms with Crippen molar-refractivity contribution in [3.8, 4) is 0 Å². The number of aliphatic hydroxyl groups is 1. The lowest BCUT2D eigenvalue weighted by atomic mass is 9.69. The fourth-order valence-electron chi connectivity index (χ4n) is 6.21. The quantitative estimate of drug-likeness (QED) is 0.734. The van der Waals surface area contributed by atoms with Crippen LogP contribution in [0.25, 0.3) is 10.9 Å². The Morgan fingerprint density at radius 2 is 2.08 bits per heavy atom.